The summed E-state index contributed by atoms with van der Waals surface area (Å²) in [6, 6.07) is 7.48. The predicted molar refractivity (Wildman–Crippen MR) is 88.5 cm³/mol. The molecule has 0 aliphatic carbocycles. The number of hydrogen-bond acceptors (Lipinski definition) is 3. The van der Waals surface area contributed by atoms with Crippen LogP contribution in [0.4, 0.5) is 0 Å². The summed E-state index contributed by atoms with van der Waals surface area (Å²) in [4.78, 5) is 13.0. The molecule has 1 aliphatic heterocycles. The molecule has 0 radical (unpaired) electrons. The fourth-order valence-electron chi connectivity index (χ4n) is 2.72. The topological polar surface area (TPSA) is 35.5 Å². The number of rotatable bonds is 4. The minimum atomic E-state index is -0.0303. The number of benzene rings is 1. The van der Waals surface area contributed by atoms with E-state index in [4.69, 9.17) is 9.47 Å². The van der Waals surface area contributed by atoms with Gasteiger partial charge in [0.1, 0.15) is 17.3 Å². The second-order valence-electron chi connectivity index (χ2n) is 6.40. The maximum Gasteiger partial charge on any atom is 0.215 e. The highest BCUT2D eigenvalue weighted by Crippen LogP contribution is 2.32. The number of ketones is 1. The van der Waals surface area contributed by atoms with Crippen LogP contribution in [0.15, 0.2) is 24.3 Å². The molecule has 1 aromatic rings. The maximum atomic E-state index is 13.0. The normalized spacial score (nSPS) is 18.3. The van der Waals surface area contributed by atoms with E-state index in [0.29, 0.717) is 0 Å². The van der Waals surface area contributed by atoms with Crippen molar-refractivity contribution < 1.29 is 14.3 Å². The molecule has 1 heterocycles. The summed E-state index contributed by atoms with van der Waals surface area (Å²) in [6.07, 6.45) is 0. The van der Waals surface area contributed by atoms with Gasteiger partial charge in [-0.25, -0.2) is 0 Å². The molecule has 21 heavy (non-hydrogen) atoms. The van der Waals surface area contributed by atoms with Crippen molar-refractivity contribution in [2.75, 3.05) is 31.8 Å². The third kappa shape index (κ3) is 4.01. The van der Waals surface area contributed by atoms with Crippen LogP contribution in [0.5, 0.6) is 5.75 Å². The summed E-state index contributed by atoms with van der Waals surface area (Å²) in [5.74, 6) is 3.05. The monoisotopic (exact) mass is 309 g/mol. The Morgan fingerprint density at radius 1 is 1.19 bits per heavy atom. The van der Waals surface area contributed by atoms with Gasteiger partial charge < -0.3 is 9.47 Å². The summed E-state index contributed by atoms with van der Waals surface area (Å²) in [5, 5.41) is 0.0646. The van der Waals surface area contributed by atoms with Crippen molar-refractivity contribution >= 4 is 16.7 Å². The zero-order valence-corrected chi connectivity index (χ0v) is 14.2. The Morgan fingerprint density at radius 2 is 1.76 bits per heavy atom. The van der Waals surface area contributed by atoms with Crippen LogP contribution < -0.4 is 4.74 Å². The second-order valence-corrected chi connectivity index (χ2v) is 8.76. The zero-order valence-electron chi connectivity index (χ0n) is 13.3. The number of Topliss-reactive ketones (excluding diaryl/α,β-unsaturated/α-hetero) is 1. The van der Waals surface area contributed by atoms with Gasteiger partial charge in [0.05, 0.1) is 20.3 Å². The number of methoxy groups -OCH3 is 1. The van der Waals surface area contributed by atoms with E-state index in [-0.39, 0.29) is 27.3 Å². The van der Waals surface area contributed by atoms with Crippen molar-refractivity contribution in [3.63, 3.8) is 0 Å². The quantitative estimate of drug-likeness (QED) is 0.634. The highest BCUT2D eigenvalue weighted by atomic mass is 32.2. The molecule has 0 saturated carbocycles. The van der Waals surface area contributed by atoms with Crippen molar-refractivity contribution in [3.05, 3.63) is 29.8 Å². The van der Waals surface area contributed by atoms with Crippen LogP contribution in [-0.4, -0.2) is 42.9 Å². The maximum absolute atomic E-state index is 13.0. The van der Waals surface area contributed by atoms with Gasteiger partial charge in [0.2, 0.25) is 5.78 Å². The van der Waals surface area contributed by atoms with Crippen LogP contribution in [0.25, 0.3) is 0 Å². The summed E-state index contributed by atoms with van der Waals surface area (Å²) in [5.41, 5.74) is 0.756. The van der Waals surface area contributed by atoms with E-state index in [2.05, 4.69) is 20.8 Å². The largest absolute Gasteiger partial charge is 0.497 e. The number of hydrogen-bond donors (Lipinski definition) is 0. The van der Waals surface area contributed by atoms with E-state index in [9.17, 15) is 4.79 Å². The molecule has 1 unspecified atom stereocenters. The predicted octanol–water partition coefficient (Wildman–Crippen LogP) is 2.94. The second kappa shape index (κ2) is 6.84. The highest BCUT2D eigenvalue weighted by molar-refractivity contribution is 7.98. The van der Waals surface area contributed by atoms with E-state index < -0.39 is 0 Å². The minimum Gasteiger partial charge on any atom is -0.497 e. The highest BCUT2D eigenvalue weighted by Gasteiger charge is 2.46. The summed E-state index contributed by atoms with van der Waals surface area (Å²) < 4.78 is 10.6. The molecule has 0 aromatic heterocycles. The van der Waals surface area contributed by atoms with Gasteiger partial charge in [-0.1, -0.05) is 20.8 Å². The summed E-state index contributed by atoms with van der Waals surface area (Å²) in [6.45, 7) is 8.07. The van der Waals surface area contributed by atoms with Crippen molar-refractivity contribution in [2.24, 2.45) is 5.41 Å². The third-order valence-corrected chi connectivity index (χ3v) is 6.68. The lowest BCUT2D eigenvalue weighted by Crippen LogP contribution is -2.47. The van der Waals surface area contributed by atoms with Crippen LogP contribution in [0.2, 0.25) is 0 Å². The molecule has 1 atom stereocenters. The Morgan fingerprint density at radius 3 is 2.24 bits per heavy atom. The molecule has 1 aliphatic rings. The number of carbonyl (C=O) groups is 1. The molecule has 1 fully saturated rings. The molecule has 116 valence electrons. The van der Waals surface area contributed by atoms with Crippen LogP contribution in [0.3, 0.4) is 0 Å². The van der Waals surface area contributed by atoms with Crippen molar-refractivity contribution in [1.82, 2.24) is 0 Å². The van der Waals surface area contributed by atoms with Gasteiger partial charge in [0, 0.05) is 21.9 Å². The van der Waals surface area contributed by atoms with Crippen molar-refractivity contribution in [3.8, 4) is 5.75 Å². The Balaban J connectivity index is 2.24. The Kier molecular flexibility index (Phi) is 5.33. The first-order valence-corrected chi connectivity index (χ1v) is 8.98. The Labute approximate surface area is 130 Å². The fourth-order valence-corrected chi connectivity index (χ4v) is 5.50. The average Bonchev–Trinajstić information content (AvgIpc) is 2.47. The van der Waals surface area contributed by atoms with E-state index in [1.165, 1.54) is 0 Å². The lowest BCUT2D eigenvalue weighted by Gasteiger charge is -2.31. The number of carbonyl (C=O) groups excluding carboxylic acids is 1. The van der Waals surface area contributed by atoms with Gasteiger partial charge in [-0.05, 0) is 24.3 Å². The lowest BCUT2D eigenvalue weighted by atomic mass is 9.87. The first-order chi connectivity index (χ1) is 9.93. The molecule has 1 saturated heterocycles. The molecule has 0 N–H and O–H groups in total. The SMILES string of the molecule is COc1ccc(C(=O)C([S+]2CCOCC2)C(C)(C)C)cc1. The lowest BCUT2D eigenvalue weighted by molar-refractivity contribution is 0.0946. The van der Waals surface area contributed by atoms with Crippen molar-refractivity contribution in [2.45, 2.75) is 26.0 Å². The van der Waals surface area contributed by atoms with Gasteiger partial charge in [-0.15, -0.1) is 0 Å². The zero-order chi connectivity index (χ0) is 15.5. The standard InChI is InChI=1S/C17H25O3S/c1-17(2,3)16(21-11-9-20-10-12-21)15(18)13-5-7-14(19-4)8-6-13/h5-8,16H,9-12H2,1-4H3/q+1. The molecule has 3 nitrogen and oxygen atoms in total. The van der Waals surface area contributed by atoms with Crippen molar-refractivity contribution in [1.29, 1.82) is 0 Å². The Hall–Kier alpha value is -1.00. The minimum absolute atomic E-state index is 0.0303. The molecule has 2 rings (SSSR count). The van der Waals surface area contributed by atoms with E-state index in [0.717, 1.165) is 36.0 Å². The van der Waals surface area contributed by atoms with Gasteiger partial charge in [-0.3, -0.25) is 4.79 Å². The molecular formula is C17H25O3S+. The molecule has 0 spiro atoms. The molecule has 0 amide bonds. The third-order valence-electron chi connectivity index (χ3n) is 3.71. The van der Waals surface area contributed by atoms with Crippen LogP contribution in [0.1, 0.15) is 31.1 Å². The van der Waals surface area contributed by atoms with Gasteiger partial charge >= 0.3 is 0 Å². The van der Waals surface area contributed by atoms with Gasteiger partial charge in [0.25, 0.3) is 0 Å². The van der Waals surface area contributed by atoms with E-state index in [1.54, 1.807) is 7.11 Å². The number of ether oxygens (including phenoxy) is 2. The first-order valence-electron chi connectivity index (χ1n) is 7.36. The first kappa shape index (κ1) is 16.4. The molecule has 4 heteroatoms. The molecular weight excluding hydrogens is 284 g/mol. The fraction of sp³-hybridized carbons (Fsp3) is 0.588. The Bertz CT molecular complexity index is 470. The van der Waals surface area contributed by atoms with Gasteiger partial charge in [-0.2, -0.15) is 0 Å². The molecule has 0 bridgehead atoms. The van der Waals surface area contributed by atoms with E-state index >= 15 is 0 Å². The van der Waals surface area contributed by atoms with Gasteiger partial charge in [0.15, 0.2) is 5.25 Å². The summed E-state index contributed by atoms with van der Waals surface area (Å²) in [7, 11) is 1.74. The summed E-state index contributed by atoms with van der Waals surface area (Å²) >= 11 is 0. The van der Waals surface area contributed by atoms with Crippen LogP contribution >= 0.6 is 0 Å². The van der Waals surface area contributed by atoms with Crippen LogP contribution in [0, 0.1) is 5.41 Å². The van der Waals surface area contributed by atoms with Crippen LogP contribution in [-0.2, 0) is 15.6 Å². The molecule has 1 aromatic carbocycles. The smallest absolute Gasteiger partial charge is 0.215 e. The van der Waals surface area contributed by atoms with E-state index in [1.807, 2.05) is 24.3 Å². The average molecular weight is 309 g/mol.